The number of halogens is 1. The lowest BCUT2D eigenvalue weighted by Crippen LogP contribution is -2.42. The summed E-state index contributed by atoms with van der Waals surface area (Å²) < 4.78 is 15.3. The molecule has 1 fully saturated rings. The van der Waals surface area contributed by atoms with E-state index in [1.165, 1.54) is 27.2 Å². The molecule has 0 spiro atoms. The quantitative estimate of drug-likeness (QED) is 0.535. The van der Waals surface area contributed by atoms with Crippen LogP contribution in [-0.2, 0) is 14.3 Å². The van der Waals surface area contributed by atoms with Crippen LogP contribution in [0.2, 0.25) is 5.02 Å². The summed E-state index contributed by atoms with van der Waals surface area (Å²) in [5, 5.41) is -0.216. The van der Waals surface area contributed by atoms with Crippen LogP contribution in [0, 0.1) is 0 Å². The van der Waals surface area contributed by atoms with Crippen LogP contribution >= 0.6 is 23.4 Å². The van der Waals surface area contributed by atoms with Crippen molar-refractivity contribution in [3.05, 3.63) is 27.6 Å². The molecule has 0 aromatic heterocycles. The molecule has 1 heterocycles. The van der Waals surface area contributed by atoms with Crippen molar-refractivity contribution in [2.45, 2.75) is 19.9 Å². The largest absolute Gasteiger partial charge is 0.493 e. The molecule has 0 radical (unpaired) electrons. The summed E-state index contributed by atoms with van der Waals surface area (Å²) in [5.41, 5.74) is 0.485. The van der Waals surface area contributed by atoms with Gasteiger partial charge >= 0.3 is 5.97 Å². The van der Waals surface area contributed by atoms with Crippen LogP contribution in [0.15, 0.2) is 17.0 Å². The molecule has 1 aromatic rings. The highest BCUT2D eigenvalue weighted by molar-refractivity contribution is 8.18. The monoisotopic (exact) mass is 399 g/mol. The molecule has 26 heavy (non-hydrogen) atoms. The molecule has 140 valence electrons. The summed E-state index contributed by atoms with van der Waals surface area (Å²) in [7, 11) is 2.96. The van der Waals surface area contributed by atoms with E-state index < -0.39 is 23.2 Å². The number of benzene rings is 1. The second-order valence-corrected chi connectivity index (χ2v) is 6.61. The number of thioether (sulfide) groups is 1. The molecule has 1 atom stereocenters. The maximum Gasteiger partial charge on any atom is 0.329 e. The lowest BCUT2D eigenvalue weighted by molar-refractivity contribution is -0.150. The SMILES string of the molecule is CCOC(=O)[C@H](C)N1C(=O)S/C(=C/c2cc(OC)c(OC)cc2Cl)C1=O. The van der Waals surface area contributed by atoms with E-state index in [0.29, 0.717) is 22.1 Å². The van der Waals surface area contributed by atoms with Crippen molar-refractivity contribution < 1.29 is 28.6 Å². The minimum absolute atomic E-state index is 0.153. The minimum Gasteiger partial charge on any atom is -0.493 e. The van der Waals surface area contributed by atoms with E-state index in [0.717, 1.165) is 16.7 Å². The fourth-order valence-electron chi connectivity index (χ4n) is 2.30. The van der Waals surface area contributed by atoms with E-state index in [9.17, 15) is 14.4 Å². The normalized spacial score (nSPS) is 16.8. The third-order valence-electron chi connectivity index (χ3n) is 3.63. The van der Waals surface area contributed by atoms with Crippen molar-refractivity contribution in [3.63, 3.8) is 0 Å². The van der Waals surface area contributed by atoms with Crippen LogP contribution in [0.3, 0.4) is 0 Å². The Kier molecular flexibility index (Phi) is 6.55. The van der Waals surface area contributed by atoms with Crippen molar-refractivity contribution in [3.8, 4) is 11.5 Å². The highest BCUT2D eigenvalue weighted by Gasteiger charge is 2.41. The van der Waals surface area contributed by atoms with Crippen molar-refractivity contribution >= 4 is 46.6 Å². The predicted octanol–water partition coefficient (Wildman–Crippen LogP) is 3.35. The van der Waals surface area contributed by atoms with Gasteiger partial charge in [0, 0.05) is 6.07 Å². The van der Waals surface area contributed by atoms with Gasteiger partial charge in [0.25, 0.3) is 11.1 Å². The number of hydrogen-bond donors (Lipinski definition) is 0. The number of carbonyl (C=O) groups excluding carboxylic acids is 3. The van der Waals surface area contributed by atoms with E-state index in [4.69, 9.17) is 25.8 Å². The molecule has 7 nitrogen and oxygen atoms in total. The predicted molar refractivity (Wildman–Crippen MR) is 98.5 cm³/mol. The Labute approximate surface area is 160 Å². The summed E-state index contributed by atoms with van der Waals surface area (Å²) in [6.45, 7) is 3.26. The molecule has 1 saturated heterocycles. The zero-order chi connectivity index (χ0) is 19.4. The Bertz CT molecular complexity index is 779. The van der Waals surface area contributed by atoms with Crippen LogP contribution in [0.25, 0.3) is 6.08 Å². The number of rotatable bonds is 6. The molecule has 0 N–H and O–H groups in total. The van der Waals surface area contributed by atoms with Gasteiger partial charge in [0.15, 0.2) is 11.5 Å². The Hall–Kier alpha value is -2.19. The molecule has 0 bridgehead atoms. The van der Waals surface area contributed by atoms with Crippen LogP contribution in [0.5, 0.6) is 11.5 Å². The lowest BCUT2D eigenvalue weighted by atomic mass is 10.1. The summed E-state index contributed by atoms with van der Waals surface area (Å²) in [6, 6.07) is 2.15. The van der Waals surface area contributed by atoms with Gasteiger partial charge in [-0.3, -0.25) is 14.5 Å². The zero-order valence-electron chi connectivity index (χ0n) is 14.7. The molecule has 1 aliphatic rings. The standard InChI is InChI=1S/C17H18ClNO6S/c1-5-25-16(21)9(2)19-15(20)14(26-17(19)22)7-10-6-12(23-3)13(24-4)8-11(10)18/h6-9H,5H2,1-4H3/b14-7+/t9-/m0/s1. The third kappa shape index (κ3) is 3.96. The minimum atomic E-state index is -1.01. The van der Waals surface area contributed by atoms with E-state index in [1.807, 2.05) is 0 Å². The van der Waals surface area contributed by atoms with Gasteiger partial charge in [-0.1, -0.05) is 11.6 Å². The van der Waals surface area contributed by atoms with Crippen molar-refractivity contribution in [1.29, 1.82) is 0 Å². The second-order valence-electron chi connectivity index (χ2n) is 5.21. The van der Waals surface area contributed by atoms with Gasteiger partial charge in [0.05, 0.1) is 30.8 Å². The number of imide groups is 1. The number of esters is 1. The average molecular weight is 400 g/mol. The maximum absolute atomic E-state index is 12.6. The number of hydrogen-bond acceptors (Lipinski definition) is 7. The number of ether oxygens (including phenoxy) is 3. The van der Waals surface area contributed by atoms with E-state index in [1.54, 1.807) is 19.1 Å². The van der Waals surface area contributed by atoms with Crippen LogP contribution < -0.4 is 9.47 Å². The molecule has 1 aromatic carbocycles. The van der Waals surface area contributed by atoms with Gasteiger partial charge in [-0.2, -0.15) is 0 Å². The summed E-state index contributed by atoms with van der Waals surface area (Å²) in [5.74, 6) is -0.340. The Morgan fingerprint density at radius 2 is 1.88 bits per heavy atom. The molecule has 2 rings (SSSR count). The first-order valence-electron chi connectivity index (χ1n) is 7.69. The molecule has 0 saturated carbocycles. The molecule has 0 unspecified atom stereocenters. The van der Waals surface area contributed by atoms with Gasteiger partial charge in [0.2, 0.25) is 0 Å². The smallest absolute Gasteiger partial charge is 0.329 e. The lowest BCUT2D eigenvalue weighted by Gasteiger charge is -2.19. The number of methoxy groups -OCH3 is 2. The molecule has 0 aliphatic carbocycles. The van der Waals surface area contributed by atoms with Crippen LogP contribution in [-0.4, -0.2) is 48.9 Å². The Balaban J connectivity index is 2.34. The molecule has 9 heteroatoms. The highest BCUT2D eigenvalue weighted by atomic mass is 35.5. The first-order valence-corrected chi connectivity index (χ1v) is 8.88. The van der Waals surface area contributed by atoms with Crippen LogP contribution in [0.4, 0.5) is 4.79 Å². The van der Waals surface area contributed by atoms with Gasteiger partial charge < -0.3 is 14.2 Å². The summed E-state index contributed by atoms with van der Waals surface area (Å²) >= 11 is 6.95. The highest BCUT2D eigenvalue weighted by Crippen LogP contribution is 2.38. The zero-order valence-corrected chi connectivity index (χ0v) is 16.3. The first kappa shape index (κ1) is 20.1. The summed E-state index contributed by atoms with van der Waals surface area (Å²) in [6.07, 6.45) is 1.48. The number of carbonyl (C=O) groups is 3. The Morgan fingerprint density at radius 1 is 1.27 bits per heavy atom. The van der Waals surface area contributed by atoms with Crippen molar-refractivity contribution in [2.75, 3.05) is 20.8 Å². The van der Waals surface area contributed by atoms with E-state index in [-0.39, 0.29) is 11.5 Å². The molecular weight excluding hydrogens is 382 g/mol. The van der Waals surface area contributed by atoms with E-state index >= 15 is 0 Å². The van der Waals surface area contributed by atoms with Gasteiger partial charge in [-0.25, -0.2) is 4.79 Å². The number of amides is 2. The number of nitrogens with zero attached hydrogens (tertiary/aromatic N) is 1. The van der Waals surface area contributed by atoms with Gasteiger partial charge in [0.1, 0.15) is 6.04 Å². The molecule has 2 amide bonds. The Morgan fingerprint density at radius 3 is 2.46 bits per heavy atom. The second kappa shape index (κ2) is 8.46. The van der Waals surface area contributed by atoms with Crippen molar-refractivity contribution in [1.82, 2.24) is 4.90 Å². The fourth-order valence-corrected chi connectivity index (χ4v) is 3.41. The fraction of sp³-hybridized carbons (Fsp3) is 0.353. The molecule has 1 aliphatic heterocycles. The van der Waals surface area contributed by atoms with Crippen molar-refractivity contribution in [2.24, 2.45) is 0 Å². The maximum atomic E-state index is 12.6. The van der Waals surface area contributed by atoms with E-state index in [2.05, 4.69) is 0 Å². The molecular formula is C17H18ClNO6S. The van der Waals surface area contributed by atoms with Gasteiger partial charge in [-0.05, 0) is 43.3 Å². The average Bonchev–Trinajstić information content (AvgIpc) is 2.89. The topological polar surface area (TPSA) is 82.1 Å². The first-order chi connectivity index (χ1) is 12.3. The third-order valence-corrected chi connectivity index (χ3v) is 4.84. The summed E-state index contributed by atoms with van der Waals surface area (Å²) in [4.78, 5) is 37.6. The van der Waals surface area contributed by atoms with Gasteiger partial charge in [-0.15, -0.1) is 0 Å². The van der Waals surface area contributed by atoms with Crippen LogP contribution in [0.1, 0.15) is 19.4 Å².